The second-order valence-electron chi connectivity index (χ2n) is 4.69. The Morgan fingerprint density at radius 1 is 1.42 bits per heavy atom. The van der Waals surface area contributed by atoms with Crippen LogP contribution in [0.1, 0.15) is 18.3 Å². The number of hydrogen-bond acceptors (Lipinski definition) is 4. The van der Waals surface area contributed by atoms with E-state index in [9.17, 15) is 0 Å². The number of aryl methyl sites for hydroxylation is 1. The van der Waals surface area contributed by atoms with E-state index < -0.39 is 0 Å². The predicted molar refractivity (Wildman–Crippen MR) is 74.2 cm³/mol. The molecule has 0 aromatic carbocycles. The summed E-state index contributed by atoms with van der Waals surface area (Å²) in [6.45, 7) is 8.50. The molecule has 19 heavy (non-hydrogen) atoms. The molecule has 6 nitrogen and oxygen atoms in total. The molecule has 2 aromatic heterocycles. The molecule has 0 spiro atoms. The van der Waals surface area contributed by atoms with Crippen LogP contribution in [0.2, 0.25) is 5.02 Å². The number of nitrogens with one attached hydrogen (secondary N) is 1. The standard InChI is InChI=1S/C12H19ClN6/c1-9(14-4-6-18-7-5-15-17-18)8-19-11(3)12(13)10(2)16-19/h5,7,9,14H,4,6,8H2,1-3H3/t9-/m1/s1. The molecule has 2 heterocycles. The third-order valence-electron chi connectivity index (χ3n) is 3.05. The zero-order valence-corrected chi connectivity index (χ0v) is 12.2. The van der Waals surface area contributed by atoms with Crippen LogP contribution in [0, 0.1) is 13.8 Å². The molecule has 1 atom stereocenters. The van der Waals surface area contributed by atoms with Crippen molar-refractivity contribution in [2.45, 2.75) is 39.9 Å². The SMILES string of the molecule is Cc1nn(C[C@@H](C)NCCn2ccnn2)c(C)c1Cl. The molecule has 0 saturated carbocycles. The average molecular weight is 283 g/mol. The molecule has 0 aliphatic rings. The van der Waals surface area contributed by atoms with E-state index >= 15 is 0 Å². The van der Waals surface area contributed by atoms with Crippen molar-refractivity contribution in [3.63, 3.8) is 0 Å². The van der Waals surface area contributed by atoms with Crippen molar-refractivity contribution in [1.29, 1.82) is 0 Å². The van der Waals surface area contributed by atoms with Crippen molar-refractivity contribution in [3.8, 4) is 0 Å². The van der Waals surface area contributed by atoms with Crippen molar-refractivity contribution < 1.29 is 0 Å². The van der Waals surface area contributed by atoms with Crippen LogP contribution in [0.4, 0.5) is 0 Å². The van der Waals surface area contributed by atoms with Crippen molar-refractivity contribution in [3.05, 3.63) is 28.8 Å². The van der Waals surface area contributed by atoms with Gasteiger partial charge in [-0.1, -0.05) is 16.8 Å². The highest BCUT2D eigenvalue weighted by atomic mass is 35.5. The maximum Gasteiger partial charge on any atom is 0.0844 e. The van der Waals surface area contributed by atoms with Gasteiger partial charge in [0.25, 0.3) is 0 Å². The molecular formula is C12H19ClN6. The monoisotopic (exact) mass is 282 g/mol. The van der Waals surface area contributed by atoms with Gasteiger partial charge in [0.05, 0.1) is 35.7 Å². The fourth-order valence-corrected chi connectivity index (χ4v) is 2.09. The van der Waals surface area contributed by atoms with Gasteiger partial charge in [-0.15, -0.1) is 5.10 Å². The van der Waals surface area contributed by atoms with Crippen LogP contribution in [0.25, 0.3) is 0 Å². The Hall–Kier alpha value is -1.40. The molecule has 0 saturated heterocycles. The van der Waals surface area contributed by atoms with E-state index in [2.05, 4.69) is 27.7 Å². The fourth-order valence-electron chi connectivity index (χ4n) is 1.95. The van der Waals surface area contributed by atoms with Gasteiger partial charge in [0.1, 0.15) is 0 Å². The van der Waals surface area contributed by atoms with Gasteiger partial charge in [0.15, 0.2) is 0 Å². The molecule has 2 rings (SSSR count). The van der Waals surface area contributed by atoms with Crippen molar-refractivity contribution >= 4 is 11.6 Å². The zero-order valence-electron chi connectivity index (χ0n) is 11.5. The van der Waals surface area contributed by atoms with Gasteiger partial charge in [-0.25, -0.2) is 0 Å². The van der Waals surface area contributed by atoms with E-state index in [0.29, 0.717) is 6.04 Å². The molecular weight excluding hydrogens is 264 g/mol. The lowest BCUT2D eigenvalue weighted by atomic mass is 10.3. The van der Waals surface area contributed by atoms with Gasteiger partial charge in [0, 0.05) is 18.8 Å². The van der Waals surface area contributed by atoms with Crippen molar-refractivity contribution in [2.75, 3.05) is 6.54 Å². The summed E-state index contributed by atoms with van der Waals surface area (Å²) in [7, 11) is 0. The molecule has 0 unspecified atom stereocenters. The summed E-state index contributed by atoms with van der Waals surface area (Å²) in [5.74, 6) is 0. The van der Waals surface area contributed by atoms with Crippen LogP contribution in [0.3, 0.4) is 0 Å². The van der Waals surface area contributed by atoms with Gasteiger partial charge >= 0.3 is 0 Å². The Kier molecular flexibility index (Phi) is 4.55. The van der Waals surface area contributed by atoms with Crippen LogP contribution in [-0.2, 0) is 13.1 Å². The predicted octanol–water partition coefficient (Wildman–Crippen LogP) is 1.42. The van der Waals surface area contributed by atoms with E-state index in [-0.39, 0.29) is 0 Å². The number of halogens is 1. The summed E-state index contributed by atoms with van der Waals surface area (Å²) in [4.78, 5) is 0. The summed E-state index contributed by atoms with van der Waals surface area (Å²) in [6.07, 6.45) is 3.54. The summed E-state index contributed by atoms with van der Waals surface area (Å²) in [5.41, 5.74) is 1.90. The second kappa shape index (κ2) is 6.16. The molecule has 0 radical (unpaired) electrons. The Morgan fingerprint density at radius 3 is 2.79 bits per heavy atom. The minimum Gasteiger partial charge on any atom is -0.311 e. The normalized spacial score (nSPS) is 12.8. The number of nitrogens with zero attached hydrogens (tertiary/aromatic N) is 5. The first kappa shape index (κ1) is 14.0. The first-order valence-electron chi connectivity index (χ1n) is 6.35. The number of hydrogen-bond donors (Lipinski definition) is 1. The van der Waals surface area contributed by atoms with Gasteiger partial charge in [0.2, 0.25) is 0 Å². The Balaban J connectivity index is 1.80. The first-order chi connectivity index (χ1) is 9.08. The summed E-state index contributed by atoms with van der Waals surface area (Å²) >= 11 is 6.13. The average Bonchev–Trinajstić information content (AvgIpc) is 2.96. The minimum absolute atomic E-state index is 0.317. The van der Waals surface area contributed by atoms with Crippen molar-refractivity contribution in [2.24, 2.45) is 0 Å². The van der Waals surface area contributed by atoms with E-state index in [0.717, 1.165) is 36.0 Å². The van der Waals surface area contributed by atoms with Gasteiger partial charge < -0.3 is 5.32 Å². The molecule has 0 aliphatic heterocycles. The molecule has 1 N–H and O–H groups in total. The van der Waals surface area contributed by atoms with Crippen molar-refractivity contribution in [1.82, 2.24) is 30.1 Å². The molecule has 0 aliphatic carbocycles. The highest BCUT2D eigenvalue weighted by Crippen LogP contribution is 2.18. The van der Waals surface area contributed by atoms with Crippen LogP contribution in [0.5, 0.6) is 0 Å². The Morgan fingerprint density at radius 2 is 2.21 bits per heavy atom. The van der Waals surface area contributed by atoms with Crippen LogP contribution in [-0.4, -0.2) is 37.4 Å². The second-order valence-corrected chi connectivity index (χ2v) is 5.07. The molecule has 7 heteroatoms. The smallest absolute Gasteiger partial charge is 0.0844 e. The first-order valence-corrected chi connectivity index (χ1v) is 6.72. The van der Waals surface area contributed by atoms with E-state index in [1.54, 1.807) is 10.9 Å². The quantitative estimate of drug-likeness (QED) is 0.871. The molecule has 0 fully saturated rings. The zero-order chi connectivity index (χ0) is 13.8. The van der Waals surface area contributed by atoms with Crippen LogP contribution in [0.15, 0.2) is 12.4 Å². The molecule has 2 aromatic rings. The largest absolute Gasteiger partial charge is 0.311 e. The summed E-state index contributed by atoms with van der Waals surface area (Å²) in [6, 6.07) is 0.317. The molecule has 0 amide bonds. The third kappa shape index (κ3) is 3.54. The molecule has 104 valence electrons. The number of rotatable bonds is 6. The van der Waals surface area contributed by atoms with E-state index in [4.69, 9.17) is 11.6 Å². The number of aromatic nitrogens is 5. The van der Waals surface area contributed by atoms with Gasteiger partial charge in [-0.2, -0.15) is 5.10 Å². The minimum atomic E-state index is 0.317. The van der Waals surface area contributed by atoms with Gasteiger partial charge in [-0.3, -0.25) is 9.36 Å². The lowest BCUT2D eigenvalue weighted by Crippen LogP contribution is -2.33. The van der Waals surface area contributed by atoms with Crippen LogP contribution >= 0.6 is 11.6 Å². The van der Waals surface area contributed by atoms with E-state index in [1.165, 1.54) is 0 Å². The Bertz CT molecular complexity index is 519. The highest BCUT2D eigenvalue weighted by Gasteiger charge is 2.11. The molecule has 0 bridgehead atoms. The summed E-state index contributed by atoms with van der Waals surface area (Å²) < 4.78 is 3.75. The van der Waals surface area contributed by atoms with Crippen LogP contribution < -0.4 is 5.32 Å². The van der Waals surface area contributed by atoms with E-state index in [1.807, 2.05) is 24.7 Å². The maximum absolute atomic E-state index is 6.13. The lowest BCUT2D eigenvalue weighted by Gasteiger charge is -2.14. The Labute approximate surface area is 117 Å². The lowest BCUT2D eigenvalue weighted by molar-refractivity contribution is 0.425. The van der Waals surface area contributed by atoms with Gasteiger partial charge in [-0.05, 0) is 20.8 Å². The third-order valence-corrected chi connectivity index (χ3v) is 3.59. The fraction of sp³-hybridized carbons (Fsp3) is 0.583. The highest BCUT2D eigenvalue weighted by molar-refractivity contribution is 6.31. The topological polar surface area (TPSA) is 60.6 Å². The summed E-state index contributed by atoms with van der Waals surface area (Å²) in [5, 5.41) is 16.3. The maximum atomic E-state index is 6.13.